The number of nitro groups is 1. The molecule has 1 N–H and O–H groups in total. The van der Waals surface area contributed by atoms with Crippen molar-refractivity contribution >= 4 is 11.7 Å². The van der Waals surface area contributed by atoms with Crippen molar-refractivity contribution in [3.05, 3.63) is 57.3 Å². The number of amides is 1. The van der Waals surface area contributed by atoms with Crippen LogP contribution in [0.2, 0.25) is 0 Å². The Labute approximate surface area is 135 Å². The number of fused-ring (bicyclic) bond motifs is 1. The summed E-state index contributed by atoms with van der Waals surface area (Å²) in [5, 5.41) is 18.1. The average Bonchev–Trinajstić information content (AvgIpc) is 2.91. The molecule has 0 radical (unpaired) electrons. The average molecular weight is 336 g/mol. The largest absolute Gasteiger partial charge is 0.305 e. The molecule has 1 amide bonds. The Morgan fingerprint density at radius 1 is 1.33 bits per heavy atom. The first-order chi connectivity index (χ1) is 11.3. The first kappa shape index (κ1) is 16.0. The van der Waals surface area contributed by atoms with Crippen molar-refractivity contribution in [2.75, 3.05) is 5.32 Å². The number of carbonyl (C=O) groups excluding carboxylic acids is 1. The van der Waals surface area contributed by atoms with Crippen LogP contribution in [0.4, 0.5) is 14.6 Å². The van der Waals surface area contributed by atoms with Crippen LogP contribution >= 0.6 is 0 Å². The van der Waals surface area contributed by atoms with E-state index in [-0.39, 0.29) is 11.6 Å². The maximum absolute atomic E-state index is 13.6. The van der Waals surface area contributed by atoms with E-state index in [9.17, 15) is 23.7 Å². The van der Waals surface area contributed by atoms with E-state index in [1.165, 1.54) is 16.9 Å². The molecule has 2 aromatic rings. The third-order valence-electron chi connectivity index (χ3n) is 4.00. The van der Waals surface area contributed by atoms with Crippen molar-refractivity contribution in [3.63, 3.8) is 0 Å². The van der Waals surface area contributed by atoms with Crippen LogP contribution in [-0.2, 0) is 4.79 Å². The van der Waals surface area contributed by atoms with E-state index in [0.29, 0.717) is 11.4 Å². The minimum Gasteiger partial charge on any atom is -0.305 e. The van der Waals surface area contributed by atoms with Crippen molar-refractivity contribution in [1.82, 2.24) is 9.78 Å². The Bertz CT molecular complexity index is 834. The van der Waals surface area contributed by atoms with E-state index in [2.05, 4.69) is 10.4 Å². The first-order valence-corrected chi connectivity index (χ1v) is 7.28. The molecule has 2 heterocycles. The fourth-order valence-electron chi connectivity index (χ4n) is 2.92. The lowest BCUT2D eigenvalue weighted by molar-refractivity contribution is -0.509. The standard InChI is InChI=1S/C15H14F2N4O3/c1-7(2)20-14-9(6-18-20)12(13(21(23)24)15(22)19-14)8-3-4-10(16)11(17)5-8/h3-7,12-13H,1-2H3,(H,19,22)/t12-,13+/m1/s1. The molecule has 1 aliphatic heterocycles. The number of carbonyl (C=O) groups is 1. The molecule has 0 saturated heterocycles. The van der Waals surface area contributed by atoms with Crippen LogP contribution < -0.4 is 5.32 Å². The Morgan fingerprint density at radius 2 is 2.04 bits per heavy atom. The van der Waals surface area contributed by atoms with E-state index in [4.69, 9.17) is 0 Å². The summed E-state index contributed by atoms with van der Waals surface area (Å²) in [5.41, 5.74) is 0.547. The van der Waals surface area contributed by atoms with Gasteiger partial charge in [-0.05, 0) is 31.5 Å². The highest BCUT2D eigenvalue weighted by Crippen LogP contribution is 2.39. The number of halogens is 2. The summed E-state index contributed by atoms with van der Waals surface area (Å²) >= 11 is 0. The van der Waals surface area contributed by atoms with Crippen LogP contribution in [0.5, 0.6) is 0 Å². The number of nitrogens with one attached hydrogen (secondary N) is 1. The smallest absolute Gasteiger partial charge is 0.301 e. The number of hydrogen-bond acceptors (Lipinski definition) is 4. The Morgan fingerprint density at radius 3 is 2.62 bits per heavy atom. The molecule has 0 bridgehead atoms. The van der Waals surface area contributed by atoms with Gasteiger partial charge in [-0.2, -0.15) is 5.10 Å². The highest BCUT2D eigenvalue weighted by atomic mass is 19.2. The molecule has 1 aliphatic rings. The number of rotatable bonds is 3. The van der Waals surface area contributed by atoms with Crippen LogP contribution in [-0.4, -0.2) is 26.7 Å². The molecule has 126 valence electrons. The van der Waals surface area contributed by atoms with Gasteiger partial charge in [-0.15, -0.1) is 0 Å². The summed E-state index contributed by atoms with van der Waals surface area (Å²) in [6.45, 7) is 3.68. The third-order valence-corrected chi connectivity index (χ3v) is 4.00. The topological polar surface area (TPSA) is 90.1 Å². The second-order valence-corrected chi connectivity index (χ2v) is 5.86. The van der Waals surface area contributed by atoms with E-state index in [0.717, 1.165) is 12.1 Å². The molecule has 0 aliphatic carbocycles. The van der Waals surface area contributed by atoms with Gasteiger partial charge in [0.15, 0.2) is 11.6 Å². The van der Waals surface area contributed by atoms with Crippen molar-refractivity contribution in [2.45, 2.75) is 31.8 Å². The minimum absolute atomic E-state index is 0.0909. The number of nitrogens with zero attached hydrogens (tertiary/aromatic N) is 3. The normalized spacial score (nSPS) is 20.0. The zero-order chi connectivity index (χ0) is 17.6. The zero-order valence-electron chi connectivity index (χ0n) is 12.9. The monoisotopic (exact) mass is 336 g/mol. The van der Waals surface area contributed by atoms with Gasteiger partial charge < -0.3 is 5.32 Å². The molecule has 9 heteroatoms. The van der Waals surface area contributed by atoms with Crippen molar-refractivity contribution < 1.29 is 18.5 Å². The second-order valence-electron chi connectivity index (χ2n) is 5.86. The van der Waals surface area contributed by atoms with Crippen LogP contribution in [0.15, 0.2) is 24.4 Å². The lowest BCUT2D eigenvalue weighted by Gasteiger charge is -2.27. The molecule has 0 fully saturated rings. The van der Waals surface area contributed by atoms with Crippen LogP contribution in [0.25, 0.3) is 0 Å². The van der Waals surface area contributed by atoms with Crippen molar-refractivity contribution in [3.8, 4) is 0 Å². The summed E-state index contributed by atoms with van der Waals surface area (Å²) in [6.07, 6.45) is 1.41. The quantitative estimate of drug-likeness (QED) is 0.689. The van der Waals surface area contributed by atoms with E-state index < -0.39 is 34.4 Å². The van der Waals surface area contributed by atoms with E-state index in [1.807, 2.05) is 13.8 Å². The molecule has 2 atom stereocenters. The Hall–Kier alpha value is -2.84. The number of aromatic nitrogens is 2. The molecule has 24 heavy (non-hydrogen) atoms. The molecule has 0 spiro atoms. The van der Waals surface area contributed by atoms with Gasteiger partial charge in [0.2, 0.25) is 0 Å². The summed E-state index contributed by atoms with van der Waals surface area (Å²) in [5.74, 6) is -3.72. The second kappa shape index (κ2) is 5.66. The molecule has 0 unspecified atom stereocenters. The molecule has 7 nitrogen and oxygen atoms in total. The Kier molecular flexibility index (Phi) is 3.78. The van der Waals surface area contributed by atoms with Gasteiger partial charge >= 0.3 is 11.9 Å². The van der Waals surface area contributed by atoms with Gasteiger partial charge in [-0.25, -0.2) is 13.5 Å². The molecule has 1 aromatic carbocycles. The Balaban J connectivity index is 2.21. The van der Waals surface area contributed by atoms with E-state index >= 15 is 0 Å². The molecule has 3 rings (SSSR count). The van der Waals surface area contributed by atoms with Gasteiger partial charge in [-0.1, -0.05) is 6.07 Å². The minimum atomic E-state index is -1.65. The predicted molar refractivity (Wildman–Crippen MR) is 80.2 cm³/mol. The van der Waals surface area contributed by atoms with Crippen molar-refractivity contribution in [1.29, 1.82) is 0 Å². The van der Waals surface area contributed by atoms with Crippen LogP contribution in [0.3, 0.4) is 0 Å². The third kappa shape index (κ3) is 2.41. The summed E-state index contributed by atoms with van der Waals surface area (Å²) < 4.78 is 28.3. The van der Waals surface area contributed by atoms with Gasteiger partial charge in [0.1, 0.15) is 5.82 Å². The van der Waals surface area contributed by atoms with Crippen LogP contribution in [0, 0.1) is 21.7 Å². The highest BCUT2D eigenvalue weighted by molar-refractivity contribution is 5.97. The van der Waals surface area contributed by atoms with Gasteiger partial charge in [0.25, 0.3) is 0 Å². The summed E-state index contributed by atoms with van der Waals surface area (Å²) in [7, 11) is 0. The van der Waals surface area contributed by atoms with Gasteiger partial charge in [-0.3, -0.25) is 14.9 Å². The van der Waals surface area contributed by atoms with E-state index in [1.54, 1.807) is 0 Å². The zero-order valence-corrected chi connectivity index (χ0v) is 12.9. The number of anilines is 1. The lowest BCUT2D eigenvalue weighted by atomic mass is 9.83. The predicted octanol–water partition coefficient (Wildman–Crippen LogP) is 2.47. The van der Waals surface area contributed by atoms with Gasteiger partial charge in [0.05, 0.1) is 12.1 Å². The van der Waals surface area contributed by atoms with Gasteiger partial charge in [0, 0.05) is 16.5 Å². The SMILES string of the molecule is CC(C)n1ncc2c1NC(=O)[C@@H]([N+](=O)[O-])[C@@H]2c1ccc(F)c(F)c1. The number of benzene rings is 1. The van der Waals surface area contributed by atoms with Crippen LogP contribution in [0.1, 0.15) is 36.9 Å². The number of hydrogen-bond donors (Lipinski definition) is 1. The first-order valence-electron chi connectivity index (χ1n) is 7.28. The molecule has 1 aromatic heterocycles. The lowest BCUT2D eigenvalue weighted by Crippen LogP contribution is -2.44. The van der Waals surface area contributed by atoms with Crippen molar-refractivity contribution in [2.24, 2.45) is 0 Å². The summed E-state index contributed by atoms with van der Waals surface area (Å²) in [6, 6.07) is 1.28. The highest BCUT2D eigenvalue weighted by Gasteiger charge is 2.47. The molecule has 0 saturated carbocycles. The molecular weight excluding hydrogens is 322 g/mol. The fraction of sp³-hybridized carbons (Fsp3) is 0.333. The maximum atomic E-state index is 13.6. The molecular formula is C15H14F2N4O3. The fourth-order valence-corrected chi connectivity index (χ4v) is 2.92. The summed E-state index contributed by atoms with van der Waals surface area (Å²) in [4.78, 5) is 22.9. The maximum Gasteiger partial charge on any atom is 0.301 e.